The Morgan fingerprint density at radius 3 is 2.71 bits per heavy atom. The molecule has 78 valence electrons. The Morgan fingerprint density at radius 1 is 1.50 bits per heavy atom. The Kier molecular flexibility index (Phi) is 3.97. The SMILES string of the molecule is CC(Cc1c(F)ccc(Br)c1F)NN. The smallest absolute Gasteiger partial charge is 0.143 e. The van der Waals surface area contributed by atoms with Crippen LogP contribution in [0.2, 0.25) is 0 Å². The number of nitrogens with two attached hydrogens (primary N) is 1. The van der Waals surface area contributed by atoms with Gasteiger partial charge in [0.05, 0.1) is 4.47 Å². The topological polar surface area (TPSA) is 38.0 Å². The molecule has 1 unspecified atom stereocenters. The van der Waals surface area contributed by atoms with Gasteiger partial charge in [0.1, 0.15) is 11.6 Å². The van der Waals surface area contributed by atoms with Crippen molar-refractivity contribution in [3.05, 3.63) is 33.8 Å². The van der Waals surface area contributed by atoms with Gasteiger partial charge in [-0.25, -0.2) is 8.78 Å². The largest absolute Gasteiger partial charge is 0.271 e. The van der Waals surface area contributed by atoms with E-state index in [0.29, 0.717) is 0 Å². The third kappa shape index (κ3) is 2.50. The van der Waals surface area contributed by atoms with Gasteiger partial charge in [0.25, 0.3) is 0 Å². The Bertz CT molecular complexity index is 331. The van der Waals surface area contributed by atoms with Crippen LogP contribution in [0.1, 0.15) is 12.5 Å². The fraction of sp³-hybridized carbons (Fsp3) is 0.333. The summed E-state index contributed by atoms with van der Waals surface area (Å²) >= 11 is 3.00. The highest BCUT2D eigenvalue weighted by atomic mass is 79.9. The average molecular weight is 265 g/mol. The molecule has 0 radical (unpaired) electrons. The minimum atomic E-state index is -0.563. The van der Waals surface area contributed by atoms with Crippen LogP contribution in [0.5, 0.6) is 0 Å². The second-order valence-electron chi connectivity index (χ2n) is 3.09. The van der Waals surface area contributed by atoms with Gasteiger partial charge in [-0.15, -0.1) is 0 Å². The summed E-state index contributed by atoms with van der Waals surface area (Å²) in [6, 6.07) is 2.40. The molecule has 5 heteroatoms. The Balaban J connectivity index is 3.00. The van der Waals surface area contributed by atoms with E-state index in [9.17, 15) is 8.78 Å². The van der Waals surface area contributed by atoms with Crippen LogP contribution >= 0.6 is 15.9 Å². The van der Waals surface area contributed by atoms with E-state index in [0.717, 1.165) is 0 Å². The maximum atomic E-state index is 13.4. The predicted octanol–water partition coefficient (Wildman–Crippen LogP) is 2.12. The number of rotatable bonds is 3. The minimum Gasteiger partial charge on any atom is -0.271 e. The maximum Gasteiger partial charge on any atom is 0.143 e. The lowest BCUT2D eigenvalue weighted by atomic mass is 10.1. The fourth-order valence-electron chi connectivity index (χ4n) is 1.12. The highest BCUT2D eigenvalue weighted by molar-refractivity contribution is 9.10. The van der Waals surface area contributed by atoms with Crippen LogP contribution in [0.3, 0.4) is 0 Å². The summed E-state index contributed by atoms with van der Waals surface area (Å²) in [4.78, 5) is 0. The molecule has 0 fully saturated rings. The summed E-state index contributed by atoms with van der Waals surface area (Å²) in [5.74, 6) is 4.04. The van der Waals surface area contributed by atoms with E-state index in [1.807, 2.05) is 0 Å². The van der Waals surface area contributed by atoms with Crippen molar-refractivity contribution in [3.63, 3.8) is 0 Å². The van der Waals surface area contributed by atoms with Crippen molar-refractivity contribution in [1.82, 2.24) is 5.43 Å². The van der Waals surface area contributed by atoms with Crippen LogP contribution in [0.15, 0.2) is 16.6 Å². The van der Waals surface area contributed by atoms with Crippen molar-refractivity contribution in [3.8, 4) is 0 Å². The van der Waals surface area contributed by atoms with Gasteiger partial charge in [-0.1, -0.05) is 0 Å². The third-order valence-corrected chi connectivity index (χ3v) is 2.55. The summed E-state index contributed by atoms with van der Waals surface area (Å²) in [5, 5.41) is 0. The Morgan fingerprint density at radius 2 is 2.14 bits per heavy atom. The third-order valence-electron chi connectivity index (χ3n) is 1.93. The van der Waals surface area contributed by atoms with Crippen molar-refractivity contribution < 1.29 is 8.78 Å². The molecule has 0 amide bonds. The zero-order chi connectivity index (χ0) is 10.7. The summed E-state index contributed by atoms with van der Waals surface area (Å²) in [5.41, 5.74) is 2.48. The molecular formula is C9H11BrF2N2. The molecule has 0 aliphatic heterocycles. The number of nitrogens with one attached hydrogen (secondary N) is 1. The first-order valence-corrected chi connectivity index (χ1v) is 4.94. The zero-order valence-corrected chi connectivity index (χ0v) is 9.24. The van der Waals surface area contributed by atoms with Crippen LogP contribution in [0.4, 0.5) is 8.78 Å². The van der Waals surface area contributed by atoms with Crippen LogP contribution < -0.4 is 11.3 Å². The van der Waals surface area contributed by atoms with Crippen molar-refractivity contribution >= 4 is 15.9 Å². The second-order valence-corrected chi connectivity index (χ2v) is 3.95. The van der Waals surface area contributed by atoms with Gasteiger partial charge in [-0.05, 0) is 41.4 Å². The number of hydrogen-bond acceptors (Lipinski definition) is 2. The first kappa shape index (κ1) is 11.6. The predicted molar refractivity (Wildman–Crippen MR) is 54.5 cm³/mol. The van der Waals surface area contributed by atoms with Crippen molar-refractivity contribution in [2.45, 2.75) is 19.4 Å². The van der Waals surface area contributed by atoms with Gasteiger partial charge in [0.15, 0.2) is 0 Å². The number of hydrogen-bond donors (Lipinski definition) is 2. The van der Waals surface area contributed by atoms with Gasteiger partial charge in [0, 0.05) is 11.6 Å². The Hall–Kier alpha value is -0.520. The number of halogens is 3. The molecule has 0 saturated carbocycles. The Labute approximate surface area is 89.6 Å². The van der Waals surface area contributed by atoms with E-state index in [-0.39, 0.29) is 22.5 Å². The van der Waals surface area contributed by atoms with Crippen LogP contribution in [0.25, 0.3) is 0 Å². The minimum absolute atomic E-state index is 0.0461. The second kappa shape index (κ2) is 4.82. The average Bonchev–Trinajstić information content (AvgIpc) is 2.18. The lowest BCUT2D eigenvalue weighted by Crippen LogP contribution is -2.34. The van der Waals surface area contributed by atoms with Crippen molar-refractivity contribution in [2.75, 3.05) is 0 Å². The lowest BCUT2D eigenvalue weighted by molar-refractivity contribution is 0.506. The van der Waals surface area contributed by atoms with E-state index in [2.05, 4.69) is 21.4 Å². The molecule has 0 aliphatic carbocycles. The molecule has 1 aromatic rings. The maximum absolute atomic E-state index is 13.4. The van der Waals surface area contributed by atoms with E-state index >= 15 is 0 Å². The number of benzene rings is 1. The summed E-state index contributed by atoms with van der Waals surface area (Å²) in [6.07, 6.45) is 0.216. The molecule has 0 aliphatic rings. The van der Waals surface area contributed by atoms with Crippen LogP contribution in [-0.4, -0.2) is 6.04 Å². The molecule has 0 spiro atoms. The summed E-state index contributed by atoms with van der Waals surface area (Å²) in [6.45, 7) is 1.75. The summed E-state index contributed by atoms with van der Waals surface area (Å²) < 4.78 is 26.9. The van der Waals surface area contributed by atoms with Crippen molar-refractivity contribution in [2.24, 2.45) is 5.84 Å². The van der Waals surface area contributed by atoms with Gasteiger partial charge < -0.3 is 0 Å². The van der Waals surface area contributed by atoms with Gasteiger partial charge in [0.2, 0.25) is 0 Å². The van der Waals surface area contributed by atoms with Gasteiger partial charge >= 0.3 is 0 Å². The molecule has 2 nitrogen and oxygen atoms in total. The van der Waals surface area contributed by atoms with Crippen LogP contribution in [0, 0.1) is 11.6 Å². The number of hydrazine groups is 1. The van der Waals surface area contributed by atoms with E-state index < -0.39 is 11.6 Å². The molecular weight excluding hydrogens is 254 g/mol. The molecule has 0 saturated heterocycles. The molecule has 0 bridgehead atoms. The zero-order valence-electron chi connectivity index (χ0n) is 7.65. The molecule has 1 atom stereocenters. The van der Waals surface area contributed by atoms with Crippen LogP contribution in [-0.2, 0) is 6.42 Å². The highest BCUT2D eigenvalue weighted by Crippen LogP contribution is 2.22. The normalized spacial score (nSPS) is 12.9. The lowest BCUT2D eigenvalue weighted by Gasteiger charge is -2.11. The monoisotopic (exact) mass is 264 g/mol. The van der Waals surface area contributed by atoms with Gasteiger partial charge in [-0.2, -0.15) is 0 Å². The summed E-state index contributed by atoms with van der Waals surface area (Å²) in [7, 11) is 0. The first-order valence-electron chi connectivity index (χ1n) is 4.14. The quantitative estimate of drug-likeness (QED) is 0.499. The molecule has 1 aromatic carbocycles. The first-order chi connectivity index (χ1) is 6.56. The molecule has 3 N–H and O–H groups in total. The molecule has 0 aromatic heterocycles. The fourth-order valence-corrected chi connectivity index (χ4v) is 1.49. The highest BCUT2D eigenvalue weighted by Gasteiger charge is 2.14. The molecule has 14 heavy (non-hydrogen) atoms. The van der Waals surface area contributed by atoms with E-state index in [4.69, 9.17) is 5.84 Å². The molecule has 0 heterocycles. The van der Waals surface area contributed by atoms with E-state index in [1.54, 1.807) is 6.92 Å². The van der Waals surface area contributed by atoms with Gasteiger partial charge in [-0.3, -0.25) is 11.3 Å². The molecule has 1 rings (SSSR count). The van der Waals surface area contributed by atoms with E-state index in [1.165, 1.54) is 12.1 Å². The van der Waals surface area contributed by atoms with Crippen molar-refractivity contribution in [1.29, 1.82) is 0 Å². The standard InChI is InChI=1S/C9H11BrF2N2/c1-5(14-13)4-6-8(11)3-2-7(10)9(6)12/h2-3,5,14H,4,13H2,1H3.